The van der Waals surface area contributed by atoms with E-state index in [0.29, 0.717) is 12.8 Å². The fraction of sp³-hybridized carbons (Fsp3) is 0.722. The molecule has 0 radical (unpaired) electrons. The van der Waals surface area contributed by atoms with Crippen LogP contribution in [0.2, 0.25) is 0 Å². The summed E-state index contributed by atoms with van der Waals surface area (Å²) in [6.45, 7) is 3.95. The van der Waals surface area contributed by atoms with Crippen LogP contribution in [0, 0.1) is 0 Å². The molecular weight excluding hydrogens is 512 g/mol. The molecule has 0 amide bonds. The Kier molecular flexibility index (Phi) is 30.7. The molecule has 0 fully saturated rings. The van der Waals surface area contributed by atoms with Crippen molar-refractivity contribution in [1.82, 2.24) is 0 Å². The van der Waals surface area contributed by atoms with Gasteiger partial charge in [-0.15, -0.1) is 0 Å². The van der Waals surface area contributed by atoms with Crippen LogP contribution in [0.4, 0.5) is 0 Å². The molecule has 0 bridgehead atoms. The van der Waals surface area contributed by atoms with Gasteiger partial charge in [0, 0.05) is 12.8 Å². The van der Waals surface area contributed by atoms with Crippen molar-refractivity contribution in [2.75, 3.05) is 13.2 Å². The van der Waals surface area contributed by atoms with Crippen LogP contribution in [0.25, 0.3) is 0 Å². The Balaban J connectivity index is 3.64. The zero-order chi connectivity index (χ0) is 30.1. The molecule has 0 aliphatic carbocycles. The molecule has 0 spiro atoms. The second kappa shape index (κ2) is 32.4. The lowest BCUT2D eigenvalue weighted by molar-refractivity contribution is -0.161. The number of aliphatic hydroxyl groups is 1. The van der Waals surface area contributed by atoms with E-state index in [4.69, 9.17) is 9.47 Å². The van der Waals surface area contributed by atoms with Gasteiger partial charge in [-0.25, -0.2) is 0 Å². The van der Waals surface area contributed by atoms with Crippen molar-refractivity contribution in [1.29, 1.82) is 0 Å². The van der Waals surface area contributed by atoms with E-state index in [-0.39, 0.29) is 25.2 Å². The SMILES string of the molecule is CC/C=C/C/C=C/C/C=C/CCCCCCCC(=O)OC[C@H](CO)OC(=O)CCCCCCC/C=C/CCCCC. The summed E-state index contributed by atoms with van der Waals surface area (Å²) in [5.74, 6) is -0.627. The van der Waals surface area contributed by atoms with Crippen molar-refractivity contribution in [3.63, 3.8) is 0 Å². The molecule has 41 heavy (non-hydrogen) atoms. The third kappa shape index (κ3) is 30.6. The van der Waals surface area contributed by atoms with Crippen LogP contribution in [-0.4, -0.2) is 36.4 Å². The van der Waals surface area contributed by atoms with E-state index >= 15 is 0 Å². The largest absolute Gasteiger partial charge is 0.462 e. The first-order chi connectivity index (χ1) is 20.1. The minimum atomic E-state index is -0.781. The lowest BCUT2D eigenvalue weighted by Gasteiger charge is -2.15. The number of rotatable bonds is 29. The van der Waals surface area contributed by atoms with Crippen LogP contribution >= 0.6 is 0 Å². The Labute approximate surface area is 252 Å². The minimum Gasteiger partial charge on any atom is -0.462 e. The zero-order valence-corrected chi connectivity index (χ0v) is 26.5. The molecule has 0 saturated carbocycles. The van der Waals surface area contributed by atoms with E-state index in [2.05, 4.69) is 62.5 Å². The molecule has 0 heterocycles. The average molecular weight is 575 g/mol. The lowest BCUT2D eigenvalue weighted by Crippen LogP contribution is -2.28. The van der Waals surface area contributed by atoms with Crippen LogP contribution in [0.1, 0.15) is 149 Å². The van der Waals surface area contributed by atoms with Gasteiger partial charge in [0.2, 0.25) is 0 Å². The smallest absolute Gasteiger partial charge is 0.306 e. The second-order valence-electron chi connectivity index (χ2n) is 10.9. The van der Waals surface area contributed by atoms with E-state index < -0.39 is 6.10 Å². The van der Waals surface area contributed by atoms with E-state index in [9.17, 15) is 14.7 Å². The number of carbonyl (C=O) groups is 2. The van der Waals surface area contributed by atoms with Gasteiger partial charge >= 0.3 is 11.9 Å². The molecule has 0 rings (SSSR count). The van der Waals surface area contributed by atoms with Crippen molar-refractivity contribution in [2.45, 2.75) is 155 Å². The molecule has 236 valence electrons. The molecule has 0 unspecified atom stereocenters. The topological polar surface area (TPSA) is 72.8 Å². The Bertz CT molecular complexity index is 707. The number of hydrogen-bond donors (Lipinski definition) is 1. The molecule has 5 heteroatoms. The quantitative estimate of drug-likeness (QED) is 0.0547. The summed E-state index contributed by atoms with van der Waals surface area (Å²) in [5.41, 5.74) is 0. The zero-order valence-electron chi connectivity index (χ0n) is 26.5. The van der Waals surface area contributed by atoms with Gasteiger partial charge in [-0.05, 0) is 70.6 Å². The van der Waals surface area contributed by atoms with E-state index in [1.54, 1.807) is 0 Å². The summed E-state index contributed by atoms with van der Waals surface area (Å²) in [4.78, 5) is 24.1. The van der Waals surface area contributed by atoms with Crippen LogP contribution in [0.5, 0.6) is 0 Å². The van der Waals surface area contributed by atoms with Gasteiger partial charge in [-0.3, -0.25) is 9.59 Å². The van der Waals surface area contributed by atoms with Gasteiger partial charge < -0.3 is 14.6 Å². The summed E-state index contributed by atoms with van der Waals surface area (Å²) in [6.07, 6.45) is 38.7. The van der Waals surface area contributed by atoms with Crippen LogP contribution in [-0.2, 0) is 19.1 Å². The number of carbonyl (C=O) groups excluding carboxylic acids is 2. The van der Waals surface area contributed by atoms with Gasteiger partial charge in [0.05, 0.1) is 6.61 Å². The highest BCUT2D eigenvalue weighted by Crippen LogP contribution is 2.11. The fourth-order valence-corrected chi connectivity index (χ4v) is 4.33. The number of esters is 2. The lowest BCUT2D eigenvalue weighted by atomic mass is 10.1. The molecule has 0 aromatic heterocycles. The first-order valence-corrected chi connectivity index (χ1v) is 16.7. The first kappa shape index (κ1) is 38.9. The number of allylic oxidation sites excluding steroid dienone is 8. The van der Waals surface area contributed by atoms with Crippen molar-refractivity contribution in [3.05, 3.63) is 48.6 Å². The highest BCUT2D eigenvalue weighted by molar-refractivity contribution is 5.70. The summed E-state index contributed by atoms with van der Waals surface area (Å²) in [7, 11) is 0. The Morgan fingerprint density at radius 3 is 1.61 bits per heavy atom. The molecule has 1 atom stereocenters. The monoisotopic (exact) mass is 574 g/mol. The highest BCUT2D eigenvalue weighted by Gasteiger charge is 2.16. The molecule has 5 nitrogen and oxygen atoms in total. The molecule has 1 N–H and O–H groups in total. The summed E-state index contributed by atoms with van der Waals surface area (Å²) >= 11 is 0. The van der Waals surface area contributed by atoms with Crippen molar-refractivity contribution in [3.8, 4) is 0 Å². The maximum Gasteiger partial charge on any atom is 0.306 e. The molecule has 0 saturated heterocycles. The third-order valence-corrected chi connectivity index (χ3v) is 6.86. The second-order valence-corrected chi connectivity index (χ2v) is 10.9. The summed E-state index contributed by atoms with van der Waals surface area (Å²) in [6, 6.07) is 0. The Hall–Kier alpha value is -2.14. The maximum absolute atomic E-state index is 12.1. The normalized spacial score (nSPS) is 12.8. The van der Waals surface area contributed by atoms with Gasteiger partial charge in [0.1, 0.15) is 6.61 Å². The summed E-state index contributed by atoms with van der Waals surface area (Å²) < 4.78 is 10.5. The molecule has 0 aliphatic heterocycles. The molecule has 0 aliphatic rings. The minimum absolute atomic E-state index is 0.0794. The average Bonchev–Trinajstić information content (AvgIpc) is 2.97. The van der Waals surface area contributed by atoms with Crippen LogP contribution in [0.3, 0.4) is 0 Å². The molecule has 0 aromatic carbocycles. The van der Waals surface area contributed by atoms with E-state index in [1.807, 2.05) is 0 Å². The number of unbranched alkanes of at least 4 members (excludes halogenated alkanes) is 13. The predicted octanol–water partition coefficient (Wildman–Crippen LogP) is 9.89. The Morgan fingerprint density at radius 2 is 1.05 bits per heavy atom. The Morgan fingerprint density at radius 1 is 0.585 bits per heavy atom. The van der Waals surface area contributed by atoms with Gasteiger partial charge in [0.25, 0.3) is 0 Å². The number of aliphatic hydroxyl groups excluding tert-OH is 1. The highest BCUT2D eigenvalue weighted by atomic mass is 16.6. The third-order valence-electron chi connectivity index (χ3n) is 6.86. The van der Waals surface area contributed by atoms with Crippen LogP contribution in [0.15, 0.2) is 48.6 Å². The van der Waals surface area contributed by atoms with E-state index in [1.165, 1.54) is 44.9 Å². The fourth-order valence-electron chi connectivity index (χ4n) is 4.33. The van der Waals surface area contributed by atoms with Crippen LogP contribution < -0.4 is 0 Å². The predicted molar refractivity (Wildman–Crippen MR) is 173 cm³/mol. The first-order valence-electron chi connectivity index (χ1n) is 16.7. The maximum atomic E-state index is 12.1. The number of hydrogen-bond acceptors (Lipinski definition) is 5. The van der Waals surface area contributed by atoms with Crippen molar-refractivity contribution >= 4 is 11.9 Å². The molecular formula is C36H62O5. The van der Waals surface area contributed by atoms with Crippen molar-refractivity contribution < 1.29 is 24.2 Å². The van der Waals surface area contributed by atoms with Gasteiger partial charge in [-0.1, -0.05) is 114 Å². The van der Waals surface area contributed by atoms with Gasteiger partial charge in [0.15, 0.2) is 6.10 Å². The standard InChI is InChI=1S/C36H62O5/c1-3-5-7-9-11-13-15-17-18-19-21-22-24-26-28-30-35(38)40-33-34(32-37)41-36(39)31-29-27-25-23-20-16-14-12-10-8-6-4-2/h5,7,11-14,17-18,34,37H,3-4,6,8-10,15-16,19-33H2,1-2H3/b7-5+,13-11+,14-12+,18-17+/t34-/m0/s1. The summed E-state index contributed by atoms with van der Waals surface area (Å²) in [5, 5.41) is 9.49. The van der Waals surface area contributed by atoms with E-state index in [0.717, 1.165) is 77.0 Å². The molecule has 0 aromatic rings. The number of ether oxygens (including phenoxy) is 2. The van der Waals surface area contributed by atoms with Crippen molar-refractivity contribution in [2.24, 2.45) is 0 Å². The van der Waals surface area contributed by atoms with Gasteiger partial charge in [-0.2, -0.15) is 0 Å².